The van der Waals surface area contributed by atoms with Crippen LogP contribution in [-0.4, -0.2) is 21.5 Å². The monoisotopic (exact) mass is 401 g/mol. The fourth-order valence-electron chi connectivity index (χ4n) is 2.39. The average Bonchev–Trinajstić information content (AvgIpc) is 3.25. The zero-order valence-electron chi connectivity index (χ0n) is 15.1. The fourth-order valence-corrected chi connectivity index (χ4v) is 3.38. The maximum atomic E-state index is 12.3. The first kappa shape index (κ1) is 19.7. The summed E-state index contributed by atoms with van der Waals surface area (Å²) in [5, 5.41) is 0. The molecule has 0 fully saturated rings. The van der Waals surface area contributed by atoms with E-state index in [1.165, 1.54) is 30.5 Å². The molecule has 28 heavy (non-hydrogen) atoms. The number of benzene rings is 2. The lowest BCUT2D eigenvalue weighted by atomic mass is 10.2. The highest BCUT2D eigenvalue weighted by molar-refractivity contribution is 7.89. The normalized spacial score (nSPS) is 11.2. The molecular weight excluding hydrogens is 382 g/mol. The van der Waals surface area contributed by atoms with Gasteiger partial charge in [-0.25, -0.2) is 17.9 Å². The molecule has 0 atom stereocenters. The van der Waals surface area contributed by atoms with Gasteiger partial charge in [-0.3, -0.25) is 0 Å². The molecule has 3 rings (SSSR count). The third-order valence-corrected chi connectivity index (χ3v) is 5.36. The van der Waals surface area contributed by atoms with Crippen LogP contribution in [0.4, 0.5) is 0 Å². The molecule has 0 saturated carbocycles. The van der Waals surface area contributed by atoms with Crippen LogP contribution in [0.3, 0.4) is 0 Å². The van der Waals surface area contributed by atoms with Crippen LogP contribution in [0.25, 0.3) is 0 Å². The Hall–Kier alpha value is -3.10. The molecule has 1 heterocycles. The number of methoxy groups -OCH3 is 1. The van der Waals surface area contributed by atoms with Crippen LogP contribution in [0.5, 0.6) is 5.75 Å². The fraction of sp³-hybridized carbons (Fsp3) is 0.150. The summed E-state index contributed by atoms with van der Waals surface area (Å²) < 4.78 is 42.4. The minimum Gasteiger partial charge on any atom is -0.497 e. The number of furan rings is 1. The Morgan fingerprint density at radius 2 is 1.75 bits per heavy atom. The van der Waals surface area contributed by atoms with E-state index in [2.05, 4.69) is 4.72 Å². The van der Waals surface area contributed by atoms with Crippen molar-refractivity contribution in [1.29, 1.82) is 0 Å². The Kier molecular flexibility index (Phi) is 6.13. The first-order chi connectivity index (χ1) is 13.5. The number of esters is 1. The van der Waals surface area contributed by atoms with Gasteiger partial charge in [-0.15, -0.1) is 0 Å². The van der Waals surface area contributed by atoms with Gasteiger partial charge >= 0.3 is 5.97 Å². The van der Waals surface area contributed by atoms with E-state index in [9.17, 15) is 13.2 Å². The third-order valence-electron chi connectivity index (χ3n) is 3.95. The van der Waals surface area contributed by atoms with E-state index in [4.69, 9.17) is 13.9 Å². The Bertz CT molecular complexity index is 1010. The number of carbonyl (C=O) groups is 1. The number of sulfonamides is 1. The number of hydrogen-bond donors (Lipinski definition) is 1. The van der Waals surface area contributed by atoms with E-state index >= 15 is 0 Å². The Balaban J connectivity index is 1.58. The Labute approximate surface area is 162 Å². The van der Waals surface area contributed by atoms with Crippen LogP contribution in [0.15, 0.2) is 76.2 Å². The van der Waals surface area contributed by atoms with Crippen LogP contribution in [0, 0.1) is 0 Å². The van der Waals surface area contributed by atoms with Crippen molar-refractivity contribution in [3.63, 3.8) is 0 Å². The van der Waals surface area contributed by atoms with Crippen molar-refractivity contribution in [2.24, 2.45) is 0 Å². The molecule has 2 aromatic carbocycles. The SMILES string of the molecule is COc1ccc(COC(=O)c2ccc(S(=O)(=O)NCc3ccco3)cc2)cc1. The van der Waals surface area contributed by atoms with E-state index in [1.807, 2.05) is 0 Å². The van der Waals surface area contributed by atoms with Gasteiger partial charge in [0.25, 0.3) is 0 Å². The summed E-state index contributed by atoms with van der Waals surface area (Å²) in [5.74, 6) is 0.679. The zero-order valence-corrected chi connectivity index (χ0v) is 15.9. The molecule has 0 unspecified atom stereocenters. The molecule has 8 heteroatoms. The molecule has 0 amide bonds. The molecule has 1 N–H and O–H groups in total. The van der Waals surface area contributed by atoms with Gasteiger partial charge in [0.15, 0.2) is 0 Å². The second kappa shape index (κ2) is 8.73. The largest absolute Gasteiger partial charge is 0.497 e. The van der Waals surface area contributed by atoms with Gasteiger partial charge in [0.2, 0.25) is 10.0 Å². The number of ether oxygens (including phenoxy) is 2. The van der Waals surface area contributed by atoms with Crippen LogP contribution in [0.1, 0.15) is 21.7 Å². The average molecular weight is 401 g/mol. The summed E-state index contributed by atoms with van der Waals surface area (Å²) in [7, 11) is -2.14. The predicted octanol–water partition coefficient (Wildman–Crippen LogP) is 3.12. The second-order valence-electron chi connectivity index (χ2n) is 5.85. The molecule has 0 aliphatic carbocycles. The minimum atomic E-state index is -3.71. The van der Waals surface area contributed by atoms with Gasteiger partial charge in [0.1, 0.15) is 18.1 Å². The Morgan fingerprint density at radius 1 is 1.04 bits per heavy atom. The molecule has 0 bridgehead atoms. The standard InChI is InChI=1S/C20H19NO6S/c1-25-17-8-4-15(5-9-17)14-27-20(22)16-6-10-19(11-7-16)28(23,24)21-13-18-3-2-12-26-18/h2-12,21H,13-14H2,1H3. The molecule has 7 nitrogen and oxygen atoms in total. The van der Waals surface area contributed by atoms with Crippen molar-refractivity contribution in [2.75, 3.05) is 7.11 Å². The molecule has 0 aliphatic heterocycles. The molecule has 0 spiro atoms. The lowest BCUT2D eigenvalue weighted by Crippen LogP contribution is -2.23. The Morgan fingerprint density at radius 3 is 2.36 bits per heavy atom. The van der Waals surface area contributed by atoms with Crippen LogP contribution in [0.2, 0.25) is 0 Å². The van der Waals surface area contributed by atoms with Crippen LogP contribution >= 0.6 is 0 Å². The molecule has 0 aliphatic rings. The number of rotatable bonds is 8. The van der Waals surface area contributed by atoms with E-state index < -0.39 is 16.0 Å². The van der Waals surface area contributed by atoms with Gasteiger partial charge in [0.05, 0.1) is 30.4 Å². The highest BCUT2D eigenvalue weighted by atomic mass is 32.2. The quantitative estimate of drug-likeness (QED) is 0.583. The maximum absolute atomic E-state index is 12.3. The number of carbonyl (C=O) groups excluding carboxylic acids is 1. The first-order valence-electron chi connectivity index (χ1n) is 8.40. The zero-order chi connectivity index (χ0) is 20.0. The molecule has 0 radical (unpaired) electrons. The summed E-state index contributed by atoms with van der Waals surface area (Å²) in [6.07, 6.45) is 1.47. The summed E-state index contributed by atoms with van der Waals surface area (Å²) in [6, 6.07) is 16.0. The smallest absolute Gasteiger partial charge is 0.338 e. The van der Waals surface area contributed by atoms with Crippen LogP contribution < -0.4 is 9.46 Å². The maximum Gasteiger partial charge on any atom is 0.338 e. The molecule has 146 valence electrons. The van der Waals surface area contributed by atoms with Gasteiger partial charge in [-0.1, -0.05) is 12.1 Å². The van der Waals surface area contributed by atoms with Crippen molar-refractivity contribution >= 4 is 16.0 Å². The number of nitrogens with one attached hydrogen (secondary N) is 1. The van der Waals surface area contributed by atoms with E-state index in [1.54, 1.807) is 43.5 Å². The predicted molar refractivity (Wildman–Crippen MR) is 101 cm³/mol. The second-order valence-corrected chi connectivity index (χ2v) is 7.62. The van der Waals surface area contributed by atoms with Crippen molar-refractivity contribution < 1.29 is 27.1 Å². The van der Waals surface area contributed by atoms with E-state index in [0.29, 0.717) is 11.5 Å². The summed E-state index contributed by atoms with van der Waals surface area (Å²) in [5.41, 5.74) is 1.08. The van der Waals surface area contributed by atoms with E-state index in [0.717, 1.165) is 5.56 Å². The van der Waals surface area contributed by atoms with Crippen molar-refractivity contribution in [3.8, 4) is 5.75 Å². The highest BCUT2D eigenvalue weighted by Crippen LogP contribution is 2.15. The van der Waals surface area contributed by atoms with Gasteiger partial charge < -0.3 is 13.9 Å². The van der Waals surface area contributed by atoms with Gasteiger partial charge in [-0.2, -0.15) is 0 Å². The van der Waals surface area contributed by atoms with Gasteiger partial charge in [0, 0.05) is 0 Å². The summed E-state index contributed by atoms with van der Waals surface area (Å²) >= 11 is 0. The third kappa shape index (κ3) is 4.99. The van der Waals surface area contributed by atoms with Crippen LogP contribution in [-0.2, 0) is 27.9 Å². The molecule has 0 saturated heterocycles. The molecule has 1 aromatic heterocycles. The van der Waals surface area contributed by atoms with Crippen molar-refractivity contribution in [1.82, 2.24) is 4.72 Å². The topological polar surface area (TPSA) is 94.8 Å². The summed E-state index contributed by atoms with van der Waals surface area (Å²) in [4.78, 5) is 12.2. The highest BCUT2D eigenvalue weighted by Gasteiger charge is 2.16. The first-order valence-corrected chi connectivity index (χ1v) is 9.88. The van der Waals surface area contributed by atoms with Crippen molar-refractivity contribution in [2.45, 2.75) is 18.0 Å². The van der Waals surface area contributed by atoms with Crippen molar-refractivity contribution in [3.05, 3.63) is 83.8 Å². The molecule has 3 aromatic rings. The van der Waals surface area contributed by atoms with Gasteiger partial charge in [-0.05, 0) is 54.1 Å². The minimum absolute atomic E-state index is 0.0426. The lowest BCUT2D eigenvalue weighted by molar-refractivity contribution is 0.0472. The lowest BCUT2D eigenvalue weighted by Gasteiger charge is -2.08. The van der Waals surface area contributed by atoms with E-state index in [-0.39, 0.29) is 23.6 Å². The summed E-state index contributed by atoms with van der Waals surface area (Å²) in [6.45, 7) is 0.147. The number of hydrogen-bond acceptors (Lipinski definition) is 6. The molecular formula is C20H19NO6S.